The highest BCUT2D eigenvalue weighted by molar-refractivity contribution is 5.66. The Balaban J connectivity index is 5.50. The minimum atomic E-state index is -4.34. The minimum Gasteiger partial charge on any atom is -0.481 e. The zero-order valence-corrected chi connectivity index (χ0v) is 14.2. The van der Waals surface area contributed by atoms with Crippen molar-refractivity contribution in [3.05, 3.63) is 12.1 Å². The van der Waals surface area contributed by atoms with E-state index in [1.165, 1.54) is 0 Å². The Morgan fingerprint density at radius 3 is 2.17 bits per heavy atom. The van der Waals surface area contributed by atoms with Crippen molar-refractivity contribution in [1.82, 2.24) is 0 Å². The molecule has 0 heterocycles. The molecule has 0 amide bonds. The quantitative estimate of drug-likeness (QED) is 0.190. The van der Waals surface area contributed by atoms with E-state index in [2.05, 4.69) is 0 Å². The number of carbonyl (C=O) groups is 1. The summed E-state index contributed by atoms with van der Waals surface area (Å²) in [4.78, 5) is 10.5. The van der Waals surface area contributed by atoms with Gasteiger partial charge in [-0.3, -0.25) is 4.79 Å². The molecular weight excluding hydrogens is 296 g/mol. The van der Waals surface area contributed by atoms with Gasteiger partial charge in [0.15, 0.2) is 0 Å². The summed E-state index contributed by atoms with van der Waals surface area (Å²) in [5.74, 6) is -0.815. The van der Waals surface area contributed by atoms with Crippen LogP contribution in [0.25, 0.3) is 0 Å². The van der Waals surface area contributed by atoms with Crippen LogP contribution in [0.4, 0.5) is 0 Å². The summed E-state index contributed by atoms with van der Waals surface area (Å²) in [6.07, 6.45) is -20.3. The van der Waals surface area contributed by atoms with Gasteiger partial charge in [-0.1, -0.05) is 95.8 Å². The molecule has 2 nitrogen and oxygen atoms in total. The molecule has 24 heavy (non-hydrogen) atoms. The van der Waals surface area contributed by atoms with Gasteiger partial charge < -0.3 is 5.11 Å². The Bertz CT molecular complexity index is 908. The van der Waals surface area contributed by atoms with Gasteiger partial charge in [0.1, 0.15) is 0 Å². The molecule has 0 aromatic carbocycles. The van der Waals surface area contributed by atoms with E-state index < -0.39 is 63.5 Å². The van der Waals surface area contributed by atoms with Gasteiger partial charge in [0, 0.05) is 29.7 Å². The van der Waals surface area contributed by atoms with Crippen LogP contribution >= 0.6 is 0 Å². The van der Waals surface area contributed by atoms with Crippen LogP contribution < -0.4 is 0 Å². The fourth-order valence-electron chi connectivity index (χ4n) is 2.08. The highest BCUT2D eigenvalue weighted by Crippen LogP contribution is 2.12. The Labute approximate surface area is 176 Å². The zero-order valence-electron chi connectivity index (χ0n) is 32.2. The van der Waals surface area contributed by atoms with E-state index in [0.717, 1.165) is 44.6 Å². The summed E-state index contributed by atoms with van der Waals surface area (Å²) < 4.78 is 142. The summed E-state index contributed by atoms with van der Waals surface area (Å²) in [7, 11) is 0. The van der Waals surface area contributed by atoms with Gasteiger partial charge in [-0.05, 0) is 32.0 Å². The predicted molar refractivity (Wildman–Crippen MR) is 106 cm³/mol. The van der Waals surface area contributed by atoms with Crippen LogP contribution in [0.1, 0.15) is 147 Å². The van der Waals surface area contributed by atoms with E-state index in [1.54, 1.807) is 0 Å². The van der Waals surface area contributed by atoms with E-state index in [-0.39, 0.29) is 12.8 Å². The van der Waals surface area contributed by atoms with Crippen LogP contribution in [0.3, 0.4) is 0 Å². The molecule has 0 aromatic rings. The summed E-state index contributed by atoms with van der Waals surface area (Å²) >= 11 is 0. The molecule has 0 saturated heterocycles. The lowest BCUT2D eigenvalue weighted by Crippen LogP contribution is -1.93. The second-order valence-corrected chi connectivity index (χ2v) is 5.34. The third-order valence-electron chi connectivity index (χ3n) is 3.29. The smallest absolute Gasteiger partial charge is 0.303 e. The lowest BCUT2D eigenvalue weighted by Gasteiger charge is -2.01. The van der Waals surface area contributed by atoms with Crippen molar-refractivity contribution in [2.75, 3.05) is 0 Å². The fourth-order valence-corrected chi connectivity index (χ4v) is 2.08. The van der Waals surface area contributed by atoms with Crippen LogP contribution in [0.5, 0.6) is 0 Å². The molecule has 0 spiro atoms. The number of hydrogen-bond donors (Lipinski definition) is 1. The van der Waals surface area contributed by atoms with Crippen molar-refractivity contribution in [1.29, 1.82) is 0 Å². The number of aliphatic carboxylic acids is 1. The summed E-state index contributed by atoms with van der Waals surface area (Å²) in [6, 6.07) is -1.05. The molecule has 0 fully saturated rings. The zero-order chi connectivity index (χ0) is 33.6. The maximum atomic E-state index is 10.5. The van der Waals surface area contributed by atoms with Crippen LogP contribution in [-0.2, 0) is 4.79 Å². The second kappa shape index (κ2) is 20.3. The lowest BCUT2D eigenvalue weighted by molar-refractivity contribution is -0.137. The predicted octanol–water partition coefficient (Wildman–Crippen LogP) is 7.67. The average Bonchev–Trinajstić information content (AvgIpc) is 2.82. The lowest BCUT2D eigenvalue weighted by atomic mass is 10.1. The molecule has 1 N–H and O–H groups in total. The summed E-state index contributed by atoms with van der Waals surface area (Å²) in [5, 5.41) is 8.61. The molecule has 0 radical (unpaired) electrons. The number of allylic oxidation sites excluding steroid dienone is 2. The molecule has 0 aromatic heterocycles. The standard InChI is InChI=1S/C22H42O2/c1-2-3-4-5-6-7-8-9-10-11-12-13-14-15-16-17-18-19-20-21-22(23)24/h9-10H,2-8,11-21H2,1H3,(H,23,24)/b10-9-/i1D3,2D2,3D2,4D2,5D2,6D2,7D2,8D2,9D. The highest BCUT2D eigenvalue weighted by Gasteiger charge is 1.96. The molecule has 0 atom stereocenters. The molecule has 0 rings (SSSR count). The van der Waals surface area contributed by atoms with Gasteiger partial charge in [0.2, 0.25) is 0 Å². The van der Waals surface area contributed by atoms with Gasteiger partial charge in [0.05, 0.1) is 1.37 Å². The van der Waals surface area contributed by atoms with Crippen molar-refractivity contribution in [3.8, 4) is 0 Å². The van der Waals surface area contributed by atoms with E-state index in [1.807, 2.05) is 0 Å². The van der Waals surface area contributed by atoms with Crippen molar-refractivity contribution in [2.45, 2.75) is 122 Å². The molecule has 0 aliphatic carbocycles. The number of hydrogen-bond acceptors (Lipinski definition) is 1. The molecule has 0 bridgehead atoms. The maximum absolute atomic E-state index is 10.5. The van der Waals surface area contributed by atoms with Gasteiger partial charge in [-0.15, -0.1) is 0 Å². The van der Waals surface area contributed by atoms with Gasteiger partial charge >= 0.3 is 5.97 Å². The summed E-state index contributed by atoms with van der Waals surface area (Å²) in [6.45, 7) is -3.82. The van der Waals surface area contributed by atoms with Gasteiger partial charge in [-0.25, -0.2) is 0 Å². The second-order valence-electron chi connectivity index (χ2n) is 5.34. The third-order valence-corrected chi connectivity index (χ3v) is 3.29. The third kappa shape index (κ3) is 21.2. The number of carboxylic acid groups (broad SMARTS) is 1. The molecule has 0 unspecified atom stereocenters. The van der Waals surface area contributed by atoms with E-state index >= 15 is 0 Å². The first-order chi connectivity index (χ1) is 18.6. The first-order valence-electron chi connectivity index (χ1n) is 17.5. The minimum absolute atomic E-state index is 0.113. The van der Waals surface area contributed by atoms with E-state index in [9.17, 15) is 4.79 Å². The Kier molecular flexibility index (Phi) is 5.98. The summed E-state index contributed by atoms with van der Waals surface area (Å²) in [5.41, 5.74) is 0. The first kappa shape index (κ1) is 7.08. The molecule has 142 valence electrons. The highest BCUT2D eigenvalue weighted by atomic mass is 16.4. The van der Waals surface area contributed by atoms with Gasteiger partial charge in [-0.2, -0.15) is 0 Å². The average molecular weight is 357 g/mol. The van der Waals surface area contributed by atoms with Gasteiger partial charge in [0.25, 0.3) is 0 Å². The topological polar surface area (TPSA) is 37.3 Å². The maximum Gasteiger partial charge on any atom is 0.303 e. The van der Waals surface area contributed by atoms with Crippen molar-refractivity contribution >= 4 is 5.97 Å². The molecule has 0 aliphatic rings. The van der Waals surface area contributed by atoms with Crippen molar-refractivity contribution in [2.24, 2.45) is 0 Å². The van der Waals surface area contributed by atoms with E-state index in [0.29, 0.717) is 19.3 Å². The Morgan fingerprint density at radius 2 is 1.50 bits per heavy atom. The van der Waals surface area contributed by atoms with Crippen LogP contribution in [-0.4, -0.2) is 11.1 Å². The Hall–Kier alpha value is -0.790. The normalized spacial score (nSPS) is 27.6. The number of rotatable bonds is 19. The fraction of sp³-hybridized carbons (Fsp3) is 0.864. The van der Waals surface area contributed by atoms with Crippen LogP contribution in [0.15, 0.2) is 12.1 Å². The van der Waals surface area contributed by atoms with Crippen LogP contribution in [0, 0.1) is 0 Å². The van der Waals surface area contributed by atoms with Crippen LogP contribution in [0.2, 0.25) is 0 Å². The Morgan fingerprint density at radius 1 is 0.917 bits per heavy atom. The number of carboxylic acids is 1. The molecule has 0 aliphatic heterocycles. The molecule has 2 heteroatoms. The molecular formula is C22H42O2. The van der Waals surface area contributed by atoms with E-state index in [4.69, 9.17) is 29.8 Å². The molecule has 0 saturated carbocycles. The monoisotopic (exact) mass is 356 g/mol. The van der Waals surface area contributed by atoms with Crippen molar-refractivity contribution in [3.63, 3.8) is 0 Å². The largest absolute Gasteiger partial charge is 0.481 e. The SMILES string of the molecule is [2H]/C(=C/CCCCCCCCCCCC(=O)O)C([2H])([2H])C([2H])([2H])C([2H])([2H])C([2H])([2H])C([2H])([2H])C([2H])([2H])C([2H])([2H])C([2H])([2H])[2H]. The van der Waals surface area contributed by atoms with Crippen molar-refractivity contribution < 1.29 is 34.6 Å². The number of unbranched alkanes of at least 4 members (excludes halogenated alkanes) is 9. The first-order valence-corrected chi connectivity index (χ1v) is 8.48.